The number of aryl methyl sites for hydroxylation is 1. The van der Waals surface area contributed by atoms with Crippen LogP contribution in [0, 0.1) is 6.92 Å². The van der Waals surface area contributed by atoms with E-state index >= 15 is 0 Å². The van der Waals surface area contributed by atoms with Crippen molar-refractivity contribution < 1.29 is 9.90 Å². The maximum absolute atomic E-state index is 11.2. The molecule has 0 aromatic carbocycles. The normalized spacial score (nSPS) is 10.7. The Bertz CT molecular complexity index is 786. The van der Waals surface area contributed by atoms with Crippen LogP contribution < -0.4 is 5.32 Å². The third-order valence-corrected chi connectivity index (χ3v) is 4.03. The van der Waals surface area contributed by atoms with Crippen molar-refractivity contribution in [2.75, 3.05) is 5.32 Å². The summed E-state index contributed by atoms with van der Waals surface area (Å²) in [5.41, 5.74) is 1.46. The highest BCUT2D eigenvalue weighted by Crippen LogP contribution is 2.34. The molecule has 0 bridgehead atoms. The highest BCUT2D eigenvalue weighted by Gasteiger charge is 2.18. The van der Waals surface area contributed by atoms with Crippen molar-refractivity contribution in [3.63, 3.8) is 0 Å². The van der Waals surface area contributed by atoms with Crippen LogP contribution in [0.3, 0.4) is 0 Å². The Morgan fingerprint density at radius 3 is 2.95 bits per heavy atom. The lowest BCUT2D eigenvalue weighted by molar-refractivity contribution is 0.0701. The average molecular weight is 286 g/mol. The molecule has 0 aliphatic carbocycles. The summed E-state index contributed by atoms with van der Waals surface area (Å²) >= 11 is 1.15. The monoisotopic (exact) mass is 286 g/mol. The summed E-state index contributed by atoms with van der Waals surface area (Å²) in [6.45, 7) is 1.76. The molecule has 20 heavy (non-hydrogen) atoms. The van der Waals surface area contributed by atoms with Gasteiger partial charge in [0.2, 0.25) is 0 Å². The number of carboxylic acids is 1. The molecule has 6 nitrogen and oxygen atoms in total. The Kier molecular flexibility index (Phi) is 3.03. The summed E-state index contributed by atoms with van der Waals surface area (Å²) in [4.78, 5) is 24.5. The fourth-order valence-electron chi connectivity index (χ4n) is 1.94. The molecule has 3 aromatic heterocycles. The minimum Gasteiger partial charge on any atom is -0.477 e. The SMILES string of the molecule is Cc1c(C(=O)O)sc2ncnc(Nc3cccnc3)c12. The van der Waals surface area contributed by atoms with Gasteiger partial charge in [-0.3, -0.25) is 4.98 Å². The molecule has 0 unspecified atom stereocenters. The molecule has 0 atom stereocenters. The van der Waals surface area contributed by atoms with Gasteiger partial charge in [0.1, 0.15) is 21.9 Å². The van der Waals surface area contributed by atoms with Crippen molar-refractivity contribution in [3.05, 3.63) is 41.3 Å². The first-order chi connectivity index (χ1) is 9.66. The van der Waals surface area contributed by atoms with Crippen LogP contribution in [0.15, 0.2) is 30.9 Å². The minimum atomic E-state index is -0.946. The highest BCUT2D eigenvalue weighted by atomic mass is 32.1. The van der Waals surface area contributed by atoms with E-state index in [9.17, 15) is 9.90 Å². The number of rotatable bonds is 3. The van der Waals surface area contributed by atoms with Crippen LogP contribution in [-0.2, 0) is 0 Å². The van der Waals surface area contributed by atoms with Crippen LogP contribution in [0.4, 0.5) is 11.5 Å². The van der Waals surface area contributed by atoms with Crippen LogP contribution in [0.2, 0.25) is 0 Å². The summed E-state index contributed by atoms with van der Waals surface area (Å²) in [5, 5.41) is 13.1. The minimum absolute atomic E-state index is 0.287. The lowest BCUT2D eigenvalue weighted by atomic mass is 10.2. The number of hydrogen-bond donors (Lipinski definition) is 2. The molecule has 0 spiro atoms. The largest absolute Gasteiger partial charge is 0.477 e. The number of carbonyl (C=O) groups is 1. The van der Waals surface area contributed by atoms with Crippen molar-refractivity contribution in [3.8, 4) is 0 Å². The second kappa shape index (κ2) is 4.86. The summed E-state index contributed by atoms with van der Waals surface area (Å²) < 4.78 is 0. The summed E-state index contributed by atoms with van der Waals surface area (Å²) in [7, 11) is 0. The molecule has 100 valence electrons. The molecule has 3 rings (SSSR count). The standard InChI is InChI=1S/C13H10N4O2S/c1-7-9-11(17-8-3-2-4-14-5-8)15-6-16-12(9)20-10(7)13(18)19/h2-6H,1H3,(H,18,19)(H,15,16,17). The number of aromatic carboxylic acids is 1. The van der Waals surface area contributed by atoms with Gasteiger partial charge in [0.15, 0.2) is 0 Å². The molecular formula is C13H10N4O2S. The average Bonchev–Trinajstić information content (AvgIpc) is 2.79. The quantitative estimate of drug-likeness (QED) is 0.769. The van der Waals surface area contributed by atoms with E-state index in [2.05, 4.69) is 20.3 Å². The number of hydrogen-bond acceptors (Lipinski definition) is 6. The van der Waals surface area contributed by atoms with Crippen LogP contribution in [0.5, 0.6) is 0 Å². The predicted molar refractivity (Wildman–Crippen MR) is 76.6 cm³/mol. The first-order valence-electron chi connectivity index (χ1n) is 5.81. The van der Waals surface area contributed by atoms with Crippen LogP contribution >= 0.6 is 11.3 Å². The number of nitrogens with zero attached hydrogens (tertiary/aromatic N) is 3. The molecule has 0 saturated carbocycles. The van der Waals surface area contributed by atoms with Gasteiger partial charge in [0, 0.05) is 6.20 Å². The van der Waals surface area contributed by atoms with Gasteiger partial charge in [0.25, 0.3) is 0 Å². The number of fused-ring (bicyclic) bond motifs is 1. The molecule has 0 fully saturated rings. The molecule has 7 heteroatoms. The van der Waals surface area contributed by atoms with E-state index in [1.807, 2.05) is 12.1 Å². The number of thiophene rings is 1. The third kappa shape index (κ3) is 2.08. The van der Waals surface area contributed by atoms with E-state index in [0.717, 1.165) is 22.4 Å². The van der Waals surface area contributed by atoms with Crippen molar-refractivity contribution in [1.82, 2.24) is 15.0 Å². The van der Waals surface area contributed by atoms with E-state index in [4.69, 9.17) is 0 Å². The van der Waals surface area contributed by atoms with Gasteiger partial charge in [-0.2, -0.15) is 0 Å². The Morgan fingerprint density at radius 1 is 1.40 bits per heavy atom. The first kappa shape index (κ1) is 12.5. The third-order valence-electron chi connectivity index (χ3n) is 2.85. The van der Waals surface area contributed by atoms with Crippen molar-refractivity contribution in [1.29, 1.82) is 0 Å². The Labute approximate surface area is 118 Å². The molecule has 2 N–H and O–H groups in total. The molecular weight excluding hydrogens is 276 g/mol. The zero-order valence-corrected chi connectivity index (χ0v) is 11.3. The molecule has 0 radical (unpaired) electrons. The Hall–Kier alpha value is -2.54. The molecule has 0 amide bonds. The number of carboxylic acid groups (broad SMARTS) is 1. The van der Waals surface area contributed by atoms with Gasteiger partial charge < -0.3 is 10.4 Å². The maximum Gasteiger partial charge on any atom is 0.346 e. The smallest absolute Gasteiger partial charge is 0.346 e. The number of anilines is 2. The molecule has 0 saturated heterocycles. The Morgan fingerprint density at radius 2 is 2.25 bits per heavy atom. The second-order valence-electron chi connectivity index (χ2n) is 4.13. The van der Waals surface area contributed by atoms with Gasteiger partial charge in [-0.05, 0) is 24.6 Å². The number of aromatic nitrogens is 3. The van der Waals surface area contributed by atoms with Crippen LogP contribution in [-0.4, -0.2) is 26.0 Å². The van der Waals surface area contributed by atoms with E-state index in [-0.39, 0.29) is 4.88 Å². The maximum atomic E-state index is 11.2. The molecule has 3 aromatic rings. The van der Waals surface area contributed by atoms with Gasteiger partial charge >= 0.3 is 5.97 Å². The fourth-order valence-corrected chi connectivity index (χ4v) is 2.93. The molecule has 0 aliphatic heterocycles. The molecule has 0 aliphatic rings. The second-order valence-corrected chi connectivity index (χ2v) is 5.13. The van der Waals surface area contributed by atoms with Gasteiger partial charge in [-0.1, -0.05) is 0 Å². The topological polar surface area (TPSA) is 88.0 Å². The van der Waals surface area contributed by atoms with Crippen LogP contribution in [0.1, 0.15) is 15.2 Å². The lowest BCUT2D eigenvalue weighted by Gasteiger charge is -2.06. The summed E-state index contributed by atoms with van der Waals surface area (Å²) in [5.74, 6) is -0.359. The summed E-state index contributed by atoms with van der Waals surface area (Å²) in [6.07, 6.45) is 4.77. The zero-order chi connectivity index (χ0) is 14.1. The number of nitrogens with one attached hydrogen (secondary N) is 1. The van der Waals surface area contributed by atoms with E-state index in [1.165, 1.54) is 6.33 Å². The number of pyridine rings is 1. The van der Waals surface area contributed by atoms with E-state index in [1.54, 1.807) is 19.3 Å². The van der Waals surface area contributed by atoms with E-state index < -0.39 is 5.97 Å². The fraction of sp³-hybridized carbons (Fsp3) is 0.0769. The van der Waals surface area contributed by atoms with Crippen molar-refractivity contribution in [2.45, 2.75) is 6.92 Å². The predicted octanol–water partition coefficient (Wildman–Crippen LogP) is 2.84. The van der Waals surface area contributed by atoms with Crippen LogP contribution in [0.25, 0.3) is 10.2 Å². The highest BCUT2D eigenvalue weighted by molar-refractivity contribution is 7.20. The van der Waals surface area contributed by atoms with Gasteiger partial charge in [-0.25, -0.2) is 14.8 Å². The molecule has 3 heterocycles. The first-order valence-corrected chi connectivity index (χ1v) is 6.63. The van der Waals surface area contributed by atoms with Gasteiger partial charge in [-0.15, -0.1) is 11.3 Å². The lowest BCUT2D eigenvalue weighted by Crippen LogP contribution is -1.97. The van der Waals surface area contributed by atoms with E-state index in [0.29, 0.717) is 16.2 Å². The van der Waals surface area contributed by atoms with Crippen molar-refractivity contribution in [2.24, 2.45) is 0 Å². The zero-order valence-electron chi connectivity index (χ0n) is 10.5. The van der Waals surface area contributed by atoms with Gasteiger partial charge in [0.05, 0.1) is 17.3 Å². The Balaban J connectivity index is 2.14. The van der Waals surface area contributed by atoms with Crippen molar-refractivity contribution >= 4 is 39.0 Å². The summed E-state index contributed by atoms with van der Waals surface area (Å²) in [6, 6.07) is 3.67.